The van der Waals surface area contributed by atoms with Gasteiger partial charge in [0.1, 0.15) is 0 Å². The molecule has 5 heteroatoms. The fourth-order valence-electron chi connectivity index (χ4n) is 1.62. The van der Waals surface area contributed by atoms with Gasteiger partial charge in [-0.1, -0.05) is 17.7 Å². The van der Waals surface area contributed by atoms with Crippen molar-refractivity contribution in [3.63, 3.8) is 0 Å². The molecule has 104 valence electrons. The van der Waals surface area contributed by atoms with E-state index in [1.54, 1.807) is 42.2 Å². The van der Waals surface area contributed by atoms with E-state index in [9.17, 15) is 4.79 Å². The van der Waals surface area contributed by atoms with Crippen molar-refractivity contribution < 1.29 is 4.79 Å². The molecule has 1 amide bonds. The van der Waals surface area contributed by atoms with Crippen LogP contribution in [0.5, 0.6) is 0 Å². The summed E-state index contributed by atoms with van der Waals surface area (Å²) in [6.45, 7) is 0. The van der Waals surface area contributed by atoms with Crippen LogP contribution in [-0.4, -0.2) is 22.4 Å². The van der Waals surface area contributed by atoms with Crippen LogP contribution in [0.2, 0.25) is 5.02 Å². The summed E-state index contributed by atoms with van der Waals surface area (Å²) in [5.74, 6) is 1.32. The number of carbonyl (C=O) groups is 1. The van der Waals surface area contributed by atoms with E-state index in [0.29, 0.717) is 10.8 Å². The highest BCUT2D eigenvalue weighted by molar-refractivity contribution is 7.99. The molecule has 0 unspecified atom stereocenters. The summed E-state index contributed by atoms with van der Waals surface area (Å²) in [7, 11) is 0. The Kier molecular flexibility index (Phi) is 5.89. The molecular weight excluding hydrogens is 292 g/mol. The van der Waals surface area contributed by atoms with Crippen molar-refractivity contribution in [3.8, 4) is 0 Å². The number of benzene rings is 1. The zero-order chi connectivity index (χ0) is 14.2. The molecule has 0 aliphatic rings. The SMILES string of the molecule is O=C(CSCCc1ccccn1)Nc1ccc(Cl)cc1. The Bertz CT molecular complexity index is 546. The number of thioether (sulfide) groups is 1. The number of anilines is 1. The first kappa shape index (κ1) is 14.9. The molecule has 0 spiro atoms. The average molecular weight is 307 g/mol. The van der Waals surface area contributed by atoms with Crippen LogP contribution in [0.4, 0.5) is 5.69 Å². The van der Waals surface area contributed by atoms with Gasteiger partial charge in [0.2, 0.25) is 5.91 Å². The van der Waals surface area contributed by atoms with E-state index in [4.69, 9.17) is 11.6 Å². The topological polar surface area (TPSA) is 42.0 Å². The molecule has 0 fully saturated rings. The minimum atomic E-state index is -0.00153. The molecule has 1 N–H and O–H groups in total. The van der Waals surface area contributed by atoms with Gasteiger partial charge < -0.3 is 5.32 Å². The number of hydrogen-bond acceptors (Lipinski definition) is 3. The lowest BCUT2D eigenvalue weighted by molar-refractivity contribution is -0.113. The van der Waals surface area contributed by atoms with Gasteiger partial charge in [-0.2, -0.15) is 11.8 Å². The summed E-state index contributed by atoms with van der Waals surface area (Å²) in [6.07, 6.45) is 2.66. The van der Waals surface area contributed by atoms with E-state index in [1.807, 2.05) is 18.2 Å². The first-order valence-electron chi connectivity index (χ1n) is 6.27. The minimum absolute atomic E-state index is 0.00153. The standard InChI is InChI=1S/C15H15ClN2OS/c16-12-4-6-14(7-5-12)18-15(19)11-20-10-8-13-3-1-2-9-17-13/h1-7,9H,8,10-11H2,(H,18,19). The van der Waals surface area contributed by atoms with Gasteiger partial charge in [0, 0.05) is 22.6 Å². The highest BCUT2D eigenvalue weighted by Gasteiger charge is 2.03. The normalized spacial score (nSPS) is 10.2. The van der Waals surface area contributed by atoms with E-state index >= 15 is 0 Å². The van der Waals surface area contributed by atoms with Crippen molar-refractivity contribution in [1.82, 2.24) is 4.98 Å². The molecule has 1 heterocycles. The van der Waals surface area contributed by atoms with Gasteiger partial charge in [-0.05, 0) is 48.6 Å². The number of amides is 1. The first-order chi connectivity index (χ1) is 9.74. The van der Waals surface area contributed by atoms with Crippen LogP contribution in [0, 0.1) is 0 Å². The minimum Gasteiger partial charge on any atom is -0.325 e. The van der Waals surface area contributed by atoms with Gasteiger partial charge in [0.05, 0.1) is 5.75 Å². The summed E-state index contributed by atoms with van der Waals surface area (Å²) in [4.78, 5) is 16.0. The smallest absolute Gasteiger partial charge is 0.234 e. The molecule has 1 aromatic heterocycles. The second-order valence-electron chi connectivity index (χ2n) is 4.18. The monoisotopic (exact) mass is 306 g/mol. The van der Waals surface area contributed by atoms with E-state index in [1.165, 1.54) is 0 Å². The number of aryl methyl sites for hydroxylation is 1. The molecule has 20 heavy (non-hydrogen) atoms. The fourth-order valence-corrected chi connectivity index (χ4v) is 2.50. The molecule has 1 aromatic carbocycles. The van der Waals surface area contributed by atoms with Crippen LogP contribution in [0.25, 0.3) is 0 Å². The molecule has 0 saturated heterocycles. The summed E-state index contributed by atoms with van der Waals surface area (Å²) in [5.41, 5.74) is 1.82. The molecular formula is C15H15ClN2OS. The summed E-state index contributed by atoms with van der Waals surface area (Å²) in [5, 5.41) is 3.49. The van der Waals surface area contributed by atoms with Gasteiger partial charge in [-0.15, -0.1) is 0 Å². The summed E-state index contributed by atoms with van der Waals surface area (Å²) >= 11 is 7.39. The number of pyridine rings is 1. The van der Waals surface area contributed by atoms with Crippen molar-refractivity contribution in [2.24, 2.45) is 0 Å². The second-order valence-corrected chi connectivity index (χ2v) is 5.72. The maximum absolute atomic E-state index is 11.7. The molecule has 2 rings (SSSR count). The van der Waals surface area contributed by atoms with Gasteiger partial charge in [-0.3, -0.25) is 9.78 Å². The Morgan fingerprint density at radius 1 is 1.20 bits per heavy atom. The van der Waals surface area contributed by atoms with Gasteiger partial charge in [0.25, 0.3) is 0 Å². The van der Waals surface area contributed by atoms with Crippen molar-refractivity contribution >= 4 is 35.0 Å². The second kappa shape index (κ2) is 7.92. The molecule has 0 atom stereocenters. The quantitative estimate of drug-likeness (QED) is 0.828. The van der Waals surface area contributed by atoms with Crippen molar-refractivity contribution in [1.29, 1.82) is 0 Å². The highest BCUT2D eigenvalue weighted by atomic mass is 35.5. The third-order valence-corrected chi connectivity index (χ3v) is 3.80. The number of nitrogens with zero attached hydrogens (tertiary/aromatic N) is 1. The third kappa shape index (κ3) is 5.23. The van der Waals surface area contributed by atoms with Crippen molar-refractivity contribution in [2.75, 3.05) is 16.8 Å². The number of carbonyl (C=O) groups excluding carboxylic acids is 1. The predicted molar refractivity (Wildman–Crippen MR) is 85.3 cm³/mol. The molecule has 0 bridgehead atoms. The van der Waals surface area contributed by atoms with Crippen LogP contribution in [0.15, 0.2) is 48.7 Å². The molecule has 3 nitrogen and oxygen atoms in total. The molecule has 0 radical (unpaired) electrons. The average Bonchev–Trinajstić information content (AvgIpc) is 2.47. The Morgan fingerprint density at radius 2 is 2.00 bits per heavy atom. The van der Waals surface area contributed by atoms with Crippen LogP contribution in [0.3, 0.4) is 0 Å². The maximum Gasteiger partial charge on any atom is 0.234 e. The van der Waals surface area contributed by atoms with Crippen LogP contribution in [0.1, 0.15) is 5.69 Å². The van der Waals surface area contributed by atoms with Crippen molar-refractivity contribution in [2.45, 2.75) is 6.42 Å². The van der Waals surface area contributed by atoms with Gasteiger partial charge >= 0.3 is 0 Å². The van der Waals surface area contributed by atoms with Gasteiger partial charge in [0.15, 0.2) is 0 Å². The van der Waals surface area contributed by atoms with Crippen LogP contribution in [-0.2, 0) is 11.2 Å². The van der Waals surface area contributed by atoms with Crippen LogP contribution >= 0.6 is 23.4 Å². The predicted octanol–water partition coefficient (Wildman–Crippen LogP) is 3.65. The molecule has 0 saturated carbocycles. The number of halogens is 1. The molecule has 0 aliphatic carbocycles. The van der Waals surface area contributed by atoms with Gasteiger partial charge in [-0.25, -0.2) is 0 Å². The summed E-state index contributed by atoms with van der Waals surface area (Å²) < 4.78 is 0. The lowest BCUT2D eigenvalue weighted by Gasteiger charge is -2.05. The Labute approximate surface area is 127 Å². The van der Waals surface area contributed by atoms with E-state index in [-0.39, 0.29) is 5.91 Å². The maximum atomic E-state index is 11.7. The lowest BCUT2D eigenvalue weighted by atomic mass is 10.3. The first-order valence-corrected chi connectivity index (χ1v) is 7.80. The lowest BCUT2D eigenvalue weighted by Crippen LogP contribution is -2.14. The number of nitrogens with one attached hydrogen (secondary N) is 1. The van der Waals surface area contributed by atoms with Crippen molar-refractivity contribution in [3.05, 3.63) is 59.4 Å². The van der Waals surface area contributed by atoms with Crippen LogP contribution < -0.4 is 5.32 Å². The zero-order valence-corrected chi connectivity index (χ0v) is 12.5. The third-order valence-electron chi connectivity index (χ3n) is 2.59. The largest absolute Gasteiger partial charge is 0.325 e. The molecule has 0 aliphatic heterocycles. The Hall–Kier alpha value is -1.52. The number of hydrogen-bond donors (Lipinski definition) is 1. The van der Waals surface area contributed by atoms with E-state index in [2.05, 4.69) is 10.3 Å². The highest BCUT2D eigenvalue weighted by Crippen LogP contribution is 2.14. The number of aromatic nitrogens is 1. The Balaban J connectivity index is 1.66. The van der Waals surface area contributed by atoms with E-state index < -0.39 is 0 Å². The zero-order valence-electron chi connectivity index (χ0n) is 10.9. The van der Waals surface area contributed by atoms with E-state index in [0.717, 1.165) is 23.6 Å². The number of rotatable bonds is 6. The summed E-state index contributed by atoms with van der Waals surface area (Å²) in [6, 6.07) is 13.0. The Morgan fingerprint density at radius 3 is 2.70 bits per heavy atom. The molecule has 2 aromatic rings. The fraction of sp³-hybridized carbons (Fsp3) is 0.200.